The Morgan fingerprint density at radius 3 is 2.41 bits per heavy atom. The van der Waals surface area contributed by atoms with Gasteiger partial charge < -0.3 is 5.32 Å². The van der Waals surface area contributed by atoms with Crippen molar-refractivity contribution in [2.24, 2.45) is 0 Å². The first kappa shape index (κ1) is 17.3. The van der Waals surface area contributed by atoms with Crippen molar-refractivity contribution in [2.45, 2.75) is 31.7 Å². The van der Waals surface area contributed by atoms with Crippen LogP contribution in [0.5, 0.6) is 0 Å². The number of nitro benzene ring substituents is 1. The van der Waals surface area contributed by atoms with Gasteiger partial charge in [0.15, 0.2) is 0 Å². The molecule has 1 heterocycles. The highest BCUT2D eigenvalue weighted by Gasteiger charge is 2.38. The highest BCUT2D eigenvalue weighted by molar-refractivity contribution is 5.63. The van der Waals surface area contributed by atoms with Crippen LogP contribution in [-0.4, -0.2) is 4.92 Å². The van der Waals surface area contributed by atoms with E-state index in [1.165, 1.54) is 16.7 Å². The second-order valence-electron chi connectivity index (χ2n) is 7.50. The predicted octanol–water partition coefficient (Wildman–Crippen LogP) is 5.77. The zero-order valence-corrected chi connectivity index (χ0v) is 15.5. The fraction of sp³-hybridized carbons (Fsp3) is 0.217. The van der Waals surface area contributed by atoms with Gasteiger partial charge in [-0.05, 0) is 36.1 Å². The van der Waals surface area contributed by atoms with Gasteiger partial charge in [0.25, 0.3) is 5.69 Å². The number of nitro groups is 1. The fourth-order valence-corrected chi connectivity index (χ4v) is 4.11. The van der Waals surface area contributed by atoms with Crippen LogP contribution in [0.3, 0.4) is 0 Å². The minimum absolute atomic E-state index is 0.0891. The van der Waals surface area contributed by atoms with Crippen molar-refractivity contribution in [1.82, 2.24) is 0 Å². The van der Waals surface area contributed by atoms with E-state index in [-0.39, 0.29) is 22.1 Å². The van der Waals surface area contributed by atoms with E-state index in [1.54, 1.807) is 12.1 Å². The van der Waals surface area contributed by atoms with Crippen LogP contribution in [0, 0.1) is 17.0 Å². The summed E-state index contributed by atoms with van der Waals surface area (Å²) < 4.78 is 0. The standard InChI is InChI=1S/C23H22N2O2/c1-16-8-13-21-20(14-16)23(2,18-6-4-3-5-7-18)15-22(24-21)17-9-11-19(12-10-17)25(26)27/h3-14,22,24H,15H2,1-2H3/t22-,23+/m0/s1. The minimum atomic E-state index is -0.357. The van der Waals surface area contributed by atoms with E-state index in [9.17, 15) is 10.1 Å². The first-order chi connectivity index (χ1) is 13.0. The van der Waals surface area contributed by atoms with E-state index >= 15 is 0 Å². The summed E-state index contributed by atoms with van der Waals surface area (Å²) in [5.74, 6) is 0. The van der Waals surface area contributed by atoms with Crippen LogP contribution in [0.1, 0.15) is 41.6 Å². The molecule has 1 N–H and O–H groups in total. The number of rotatable bonds is 3. The first-order valence-corrected chi connectivity index (χ1v) is 9.15. The Morgan fingerprint density at radius 1 is 1.04 bits per heavy atom. The number of nitrogens with one attached hydrogen (secondary N) is 1. The Hall–Kier alpha value is -3.14. The summed E-state index contributed by atoms with van der Waals surface area (Å²) in [4.78, 5) is 10.6. The van der Waals surface area contributed by atoms with Gasteiger partial charge in [0.1, 0.15) is 0 Å². The number of hydrogen-bond donors (Lipinski definition) is 1. The molecule has 0 spiro atoms. The molecule has 4 rings (SSSR count). The van der Waals surface area contributed by atoms with E-state index in [4.69, 9.17) is 0 Å². The number of fused-ring (bicyclic) bond motifs is 1. The van der Waals surface area contributed by atoms with Gasteiger partial charge in [-0.25, -0.2) is 0 Å². The third-order valence-corrected chi connectivity index (χ3v) is 5.63. The van der Waals surface area contributed by atoms with E-state index in [1.807, 2.05) is 18.2 Å². The van der Waals surface area contributed by atoms with Gasteiger partial charge in [-0.1, -0.05) is 67.1 Å². The molecule has 2 atom stereocenters. The third-order valence-electron chi connectivity index (χ3n) is 5.63. The molecule has 27 heavy (non-hydrogen) atoms. The lowest BCUT2D eigenvalue weighted by atomic mass is 9.68. The molecule has 0 unspecified atom stereocenters. The molecule has 0 saturated carbocycles. The van der Waals surface area contributed by atoms with Crippen molar-refractivity contribution in [3.05, 3.63) is 105 Å². The largest absolute Gasteiger partial charge is 0.378 e. The topological polar surface area (TPSA) is 55.2 Å². The molecule has 0 saturated heterocycles. The average Bonchev–Trinajstić information content (AvgIpc) is 2.69. The SMILES string of the molecule is Cc1ccc2c(c1)[C@@](C)(c1ccccc1)C[C@@H](c1ccc([N+](=O)[O-])cc1)N2. The normalized spacial score (nSPS) is 21.2. The number of aryl methyl sites for hydroxylation is 1. The molecule has 0 aliphatic carbocycles. The molecule has 3 aromatic carbocycles. The van der Waals surface area contributed by atoms with E-state index < -0.39 is 0 Å². The molecule has 0 amide bonds. The molecule has 136 valence electrons. The zero-order valence-electron chi connectivity index (χ0n) is 15.5. The summed E-state index contributed by atoms with van der Waals surface area (Å²) in [5, 5.41) is 14.6. The number of benzene rings is 3. The second kappa shape index (κ2) is 6.54. The van der Waals surface area contributed by atoms with E-state index in [2.05, 4.69) is 61.6 Å². The quantitative estimate of drug-likeness (QED) is 0.478. The molecular weight excluding hydrogens is 336 g/mol. The molecule has 1 aliphatic heterocycles. The Bertz CT molecular complexity index is 983. The van der Waals surface area contributed by atoms with E-state index in [0.717, 1.165) is 17.7 Å². The highest BCUT2D eigenvalue weighted by Crippen LogP contribution is 2.48. The predicted molar refractivity (Wildman–Crippen MR) is 108 cm³/mol. The van der Waals surface area contributed by atoms with Crippen molar-refractivity contribution < 1.29 is 4.92 Å². The molecule has 0 bridgehead atoms. The molecule has 1 aliphatic rings. The van der Waals surface area contributed by atoms with E-state index in [0.29, 0.717) is 0 Å². The van der Waals surface area contributed by atoms with Crippen LogP contribution in [-0.2, 0) is 5.41 Å². The second-order valence-corrected chi connectivity index (χ2v) is 7.50. The Kier molecular flexibility index (Phi) is 4.19. The summed E-state index contributed by atoms with van der Waals surface area (Å²) in [6, 6.07) is 24.1. The van der Waals surface area contributed by atoms with Crippen molar-refractivity contribution in [3.8, 4) is 0 Å². The van der Waals surface area contributed by atoms with Gasteiger partial charge >= 0.3 is 0 Å². The summed E-state index contributed by atoms with van der Waals surface area (Å²) in [7, 11) is 0. The lowest BCUT2D eigenvalue weighted by molar-refractivity contribution is -0.384. The summed E-state index contributed by atoms with van der Waals surface area (Å²) in [6.07, 6.45) is 0.880. The lowest BCUT2D eigenvalue weighted by Crippen LogP contribution is -2.34. The lowest BCUT2D eigenvalue weighted by Gasteiger charge is -2.42. The number of hydrogen-bond acceptors (Lipinski definition) is 3. The van der Waals surface area contributed by atoms with Crippen molar-refractivity contribution in [3.63, 3.8) is 0 Å². The van der Waals surface area contributed by atoms with Gasteiger partial charge in [0.2, 0.25) is 0 Å². The maximum absolute atomic E-state index is 11.0. The smallest absolute Gasteiger partial charge is 0.269 e. The van der Waals surface area contributed by atoms with Crippen LogP contribution in [0.2, 0.25) is 0 Å². The fourth-order valence-electron chi connectivity index (χ4n) is 4.11. The zero-order chi connectivity index (χ0) is 19.0. The monoisotopic (exact) mass is 358 g/mol. The van der Waals surface area contributed by atoms with Crippen LogP contribution in [0.15, 0.2) is 72.8 Å². The third kappa shape index (κ3) is 3.08. The Balaban J connectivity index is 1.80. The summed E-state index contributed by atoms with van der Waals surface area (Å²) in [5.41, 5.74) is 6.00. The van der Waals surface area contributed by atoms with Crippen LogP contribution < -0.4 is 5.32 Å². The molecule has 4 heteroatoms. The molecule has 3 aromatic rings. The van der Waals surface area contributed by atoms with Crippen LogP contribution in [0.4, 0.5) is 11.4 Å². The number of anilines is 1. The van der Waals surface area contributed by atoms with Gasteiger partial charge in [0, 0.05) is 23.2 Å². The van der Waals surface area contributed by atoms with Crippen molar-refractivity contribution in [2.75, 3.05) is 5.32 Å². The number of non-ortho nitro benzene ring substituents is 1. The Morgan fingerprint density at radius 2 is 1.74 bits per heavy atom. The first-order valence-electron chi connectivity index (χ1n) is 9.15. The van der Waals surface area contributed by atoms with Crippen molar-refractivity contribution in [1.29, 1.82) is 0 Å². The maximum atomic E-state index is 11.0. The summed E-state index contributed by atoms with van der Waals surface area (Å²) >= 11 is 0. The van der Waals surface area contributed by atoms with Gasteiger partial charge in [-0.2, -0.15) is 0 Å². The maximum Gasteiger partial charge on any atom is 0.269 e. The minimum Gasteiger partial charge on any atom is -0.378 e. The van der Waals surface area contributed by atoms with Gasteiger partial charge in [-0.15, -0.1) is 0 Å². The molecule has 4 nitrogen and oxygen atoms in total. The molecule has 0 radical (unpaired) electrons. The Labute approximate surface area is 159 Å². The number of nitrogens with zero attached hydrogens (tertiary/aromatic N) is 1. The van der Waals surface area contributed by atoms with Gasteiger partial charge in [-0.3, -0.25) is 10.1 Å². The highest BCUT2D eigenvalue weighted by atomic mass is 16.6. The molecule has 0 aromatic heterocycles. The summed E-state index contributed by atoms with van der Waals surface area (Å²) in [6.45, 7) is 4.41. The van der Waals surface area contributed by atoms with Gasteiger partial charge in [0.05, 0.1) is 11.0 Å². The van der Waals surface area contributed by atoms with Crippen LogP contribution in [0.25, 0.3) is 0 Å². The van der Waals surface area contributed by atoms with Crippen molar-refractivity contribution >= 4 is 11.4 Å². The average molecular weight is 358 g/mol. The molecule has 0 fully saturated rings. The van der Waals surface area contributed by atoms with Crippen LogP contribution >= 0.6 is 0 Å². The molecular formula is C23H22N2O2.